The summed E-state index contributed by atoms with van der Waals surface area (Å²) in [7, 11) is -1.69. The van der Waals surface area contributed by atoms with Gasteiger partial charge in [0.1, 0.15) is 11.9 Å². The number of sulfonamides is 1. The number of anilines is 1. The second-order valence-corrected chi connectivity index (χ2v) is 7.43. The average Bonchev–Trinajstić information content (AvgIpc) is 2.65. The van der Waals surface area contributed by atoms with Crippen molar-refractivity contribution in [2.24, 2.45) is 9.39 Å². The van der Waals surface area contributed by atoms with E-state index in [2.05, 4.69) is 4.40 Å². The molecule has 0 fully saturated rings. The van der Waals surface area contributed by atoms with Crippen LogP contribution in [-0.2, 0) is 10.0 Å². The van der Waals surface area contributed by atoms with Gasteiger partial charge in [0.2, 0.25) is 0 Å². The molecule has 6 heteroatoms. The van der Waals surface area contributed by atoms with Gasteiger partial charge in [-0.3, -0.25) is 4.99 Å². The molecule has 0 aliphatic carbocycles. The molecule has 0 radical (unpaired) electrons. The van der Waals surface area contributed by atoms with Gasteiger partial charge in [0.15, 0.2) is 0 Å². The summed E-state index contributed by atoms with van der Waals surface area (Å²) in [4.78, 5) is 6.59. The first kappa shape index (κ1) is 16.4. The summed E-state index contributed by atoms with van der Waals surface area (Å²) < 4.78 is 27.3. The first-order valence-electron chi connectivity index (χ1n) is 7.63. The fourth-order valence-corrected chi connectivity index (χ4v) is 3.44. The molecule has 1 aliphatic rings. The minimum Gasteiger partial charge on any atom is -0.330 e. The van der Waals surface area contributed by atoms with E-state index in [0.29, 0.717) is 5.84 Å². The number of likely N-dealkylation sites (N-methyl/N-ethyl adjacent to an activating group) is 1. The Labute approximate surface area is 142 Å². The van der Waals surface area contributed by atoms with Gasteiger partial charge in [-0.25, -0.2) is 8.42 Å². The van der Waals surface area contributed by atoms with Gasteiger partial charge in [0.05, 0.1) is 17.7 Å². The number of aliphatic imine (C=N–C) groups is 1. The van der Waals surface area contributed by atoms with Gasteiger partial charge < -0.3 is 4.90 Å². The second-order valence-electron chi connectivity index (χ2n) is 5.78. The summed E-state index contributed by atoms with van der Waals surface area (Å²) >= 11 is 0. The highest BCUT2D eigenvalue weighted by atomic mass is 32.2. The normalized spacial score (nSPS) is 19.6. The Morgan fingerprint density at radius 3 is 2.33 bits per heavy atom. The van der Waals surface area contributed by atoms with Gasteiger partial charge in [-0.2, -0.15) is 0 Å². The molecule has 5 nitrogen and oxygen atoms in total. The summed E-state index contributed by atoms with van der Waals surface area (Å²) in [6.45, 7) is 1.86. The number of rotatable bonds is 2. The van der Waals surface area contributed by atoms with Crippen molar-refractivity contribution in [2.45, 2.75) is 13.0 Å². The fraction of sp³-hybridized carbons (Fsp3) is 0.222. The second kappa shape index (κ2) is 6.20. The van der Waals surface area contributed by atoms with Crippen molar-refractivity contribution >= 4 is 27.3 Å². The quantitative estimate of drug-likeness (QED) is 0.844. The highest BCUT2D eigenvalue weighted by Gasteiger charge is 2.26. The molecule has 2 aromatic carbocycles. The molecule has 0 amide bonds. The predicted octanol–water partition coefficient (Wildman–Crippen LogP) is 2.72. The molecule has 1 unspecified atom stereocenters. The number of amidine groups is 1. The molecule has 0 spiro atoms. The zero-order chi connectivity index (χ0) is 17.3. The molecule has 124 valence electrons. The van der Waals surface area contributed by atoms with Crippen molar-refractivity contribution < 1.29 is 8.42 Å². The van der Waals surface area contributed by atoms with Crippen molar-refractivity contribution in [3.63, 3.8) is 0 Å². The number of hydrogen-bond donors (Lipinski definition) is 0. The monoisotopic (exact) mass is 341 g/mol. The van der Waals surface area contributed by atoms with Crippen LogP contribution in [0.4, 0.5) is 5.69 Å². The molecular weight excluding hydrogens is 322 g/mol. The Balaban J connectivity index is 2.27. The Hall–Kier alpha value is -2.47. The highest BCUT2D eigenvalue weighted by Crippen LogP contribution is 2.28. The molecule has 24 heavy (non-hydrogen) atoms. The van der Waals surface area contributed by atoms with E-state index in [1.807, 2.05) is 68.6 Å². The van der Waals surface area contributed by atoms with E-state index in [0.717, 1.165) is 28.8 Å². The van der Waals surface area contributed by atoms with Gasteiger partial charge >= 0.3 is 0 Å². The lowest BCUT2D eigenvalue weighted by atomic mass is 10.0. The molecule has 0 aromatic heterocycles. The van der Waals surface area contributed by atoms with E-state index in [4.69, 9.17) is 4.99 Å². The zero-order valence-corrected chi connectivity index (χ0v) is 14.7. The lowest BCUT2D eigenvalue weighted by Gasteiger charge is -2.22. The van der Waals surface area contributed by atoms with Gasteiger partial charge in [-0.15, -0.1) is 4.40 Å². The van der Waals surface area contributed by atoms with Crippen LogP contribution >= 0.6 is 0 Å². The van der Waals surface area contributed by atoms with Crippen LogP contribution in [0.1, 0.15) is 18.1 Å². The smallest absolute Gasteiger partial charge is 0.251 e. The van der Waals surface area contributed by atoms with Crippen LogP contribution in [0, 0.1) is 0 Å². The lowest BCUT2D eigenvalue weighted by molar-refractivity contribution is 0.603. The largest absolute Gasteiger partial charge is 0.330 e. The molecule has 1 atom stereocenters. The molecule has 0 saturated carbocycles. The number of benzodiazepines with no additional fused rings is 1. The van der Waals surface area contributed by atoms with Crippen molar-refractivity contribution in [1.29, 1.82) is 0 Å². The molecular formula is C18H19N3O2S. The van der Waals surface area contributed by atoms with Crippen molar-refractivity contribution in [2.75, 3.05) is 18.2 Å². The van der Waals surface area contributed by atoms with Crippen molar-refractivity contribution in [3.05, 3.63) is 65.7 Å². The maximum atomic E-state index is 11.7. The van der Waals surface area contributed by atoms with Crippen LogP contribution < -0.4 is 4.90 Å². The van der Waals surface area contributed by atoms with Crippen LogP contribution in [0.25, 0.3) is 0 Å². The third-order valence-corrected chi connectivity index (χ3v) is 4.39. The minimum absolute atomic E-state index is 0.382. The summed E-state index contributed by atoms with van der Waals surface area (Å²) in [6, 6.07) is 17.3. The van der Waals surface area contributed by atoms with Crippen LogP contribution in [0.2, 0.25) is 0 Å². The molecule has 1 aliphatic heterocycles. The van der Waals surface area contributed by atoms with E-state index in [-0.39, 0.29) is 6.04 Å². The van der Waals surface area contributed by atoms with Gasteiger partial charge in [-0.05, 0) is 13.0 Å². The van der Waals surface area contributed by atoms with E-state index in [1.54, 1.807) is 4.90 Å². The summed E-state index contributed by atoms with van der Waals surface area (Å²) in [5.41, 5.74) is 3.67. The zero-order valence-electron chi connectivity index (χ0n) is 13.8. The van der Waals surface area contributed by atoms with Gasteiger partial charge in [0, 0.05) is 18.2 Å². The Morgan fingerprint density at radius 2 is 1.67 bits per heavy atom. The maximum Gasteiger partial charge on any atom is 0.251 e. The Kier molecular flexibility index (Phi) is 4.24. The molecule has 3 rings (SSSR count). The number of fused-ring (bicyclic) bond motifs is 1. The number of para-hydroxylation sites is 1. The topological polar surface area (TPSA) is 62.1 Å². The van der Waals surface area contributed by atoms with Crippen molar-refractivity contribution in [1.82, 2.24) is 0 Å². The first-order chi connectivity index (χ1) is 11.4. The number of nitrogens with zero attached hydrogens (tertiary/aromatic N) is 3. The number of hydrogen-bond acceptors (Lipinski definition) is 3. The highest BCUT2D eigenvalue weighted by molar-refractivity contribution is 7.89. The molecule has 0 N–H and O–H groups in total. The standard InChI is InChI=1S/C18H19N3O2S/c1-13-18(20-24(3,22)23)21(2)16-12-8-7-11-15(16)17(19-13)14-9-5-4-6-10-14/h4-13H,1-3H3/b20-18+. The van der Waals surface area contributed by atoms with Crippen LogP contribution in [0.5, 0.6) is 0 Å². The number of benzene rings is 2. The summed E-state index contributed by atoms with van der Waals surface area (Å²) in [5.74, 6) is 0.413. The minimum atomic E-state index is -3.51. The molecule has 2 aromatic rings. The average molecular weight is 341 g/mol. The van der Waals surface area contributed by atoms with Crippen molar-refractivity contribution in [3.8, 4) is 0 Å². The van der Waals surface area contributed by atoms with E-state index in [9.17, 15) is 8.42 Å². The lowest BCUT2D eigenvalue weighted by Crippen LogP contribution is -2.34. The van der Waals surface area contributed by atoms with E-state index >= 15 is 0 Å². The Bertz CT molecular complexity index is 918. The van der Waals surface area contributed by atoms with Gasteiger partial charge in [-0.1, -0.05) is 48.5 Å². The summed E-state index contributed by atoms with van der Waals surface area (Å²) in [5, 5.41) is 0. The molecule has 0 bridgehead atoms. The fourth-order valence-electron chi connectivity index (χ4n) is 2.82. The van der Waals surface area contributed by atoms with Crippen LogP contribution in [0.15, 0.2) is 64.0 Å². The van der Waals surface area contributed by atoms with Gasteiger partial charge in [0.25, 0.3) is 10.0 Å². The van der Waals surface area contributed by atoms with Crippen LogP contribution in [-0.4, -0.2) is 39.3 Å². The Morgan fingerprint density at radius 1 is 1.04 bits per heavy atom. The third-order valence-electron chi connectivity index (χ3n) is 3.87. The van der Waals surface area contributed by atoms with E-state index < -0.39 is 10.0 Å². The molecule has 0 saturated heterocycles. The van der Waals surface area contributed by atoms with E-state index in [1.165, 1.54) is 0 Å². The maximum absolute atomic E-state index is 11.7. The predicted molar refractivity (Wildman–Crippen MR) is 98.7 cm³/mol. The summed E-state index contributed by atoms with van der Waals surface area (Å²) in [6.07, 6.45) is 1.10. The first-order valence-corrected chi connectivity index (χ1v) is 9.48. The molecule has 1 heterocycles. The third kappa shape index (κ3) is 3.23. The SMILES string of the molecule is CC1N=C(c2ccccc2)c2ccccc2N(C)/C1=N/S(C)(=O)=O. The van der Waals surface area contributed by atoms with Crippen LogP contribution in [0.3, 0.4) is 0 Å².